The zero-order valence-electron chi connectivity index (χ0n) is 8.26. The Balaban J connectivity index is 0.000000385. The Morgan fingerprint density at radius 3 is 2.12 bits per heavy atom. The highest BCUT2D eigenvalue weighted by Crippen LogP contribution is 2.30. The first-order chi connectivity index (χ1) is 7.13. The van der Waals surface area contributed by atoms with Crippen molar-refractivity contribution in [1.29, 1.82) is 0 Å². The van der Waals surface area contributed by atoms with Gasteiger partial charge in [-0.1, -0.05) is 12.1 Å². The van der Waals surface area contributed by atoms with Crippen molar-refractivity contribution in [2.24, 2.45) is 0 Å². The topological polar surface area (TPSA) is 101 Å². The molecule has 0 saturated carbocycles. The average molecular weight is 255 g/mol. The van der Waals surface area contributed by atoms with E-state index in [-0.39, 0.29) is 17.0 Å². The van der Waals surface area contributed by atoms with Crippen LogP contribution in [0.25, 0.3) is 0 Å². The van der Waals surface area contributed by atoms with Gasteiger partial charge in [0.1, 0.15) is 5.75 Å². The molecule has 0 amide bonds. The minimum atomic E-state index is -3.67. The van der Waals surface area contributed by atoms with Crippen molar-refractivity contribution in [3.05, 3.63) is 23.8 Å². The van der Waals surface area contributed by atoms with Gasteiger partial charge in [0.2, 0.25) is 0 Å². The molecule has 0 fully saturated rings. The lowest BCUT2D eigenvalue weighted by Crippen LogP contribution is -1.94. The molecule has 0 aliphatic rings. The molecule has 0 aromatic heterocycles. The number of phenolic OH excluding ortho intramolecular Hbond substituents is 1. The molecule has 0 unspecified atom stereocenters. The Morgan fingerprint density at radius 2 is 1.81 bits per heavy atom. The number of alkyl halides is 2. The zero-order chi connectivity index (χ0) is 12.9. The number of halogens is 2. The Hall–Kier alpha value is -1.41. The number of phenols is 1. The highest BCUT2D eigenvalue weighted by Gasteiger charge is 2.12. The molecule has 16 heavy (non-hydrogen) atoms. The lowest BCUT2D eigenvalue weighted by molar-refractivity contribution is 0.152. The number of para-hydroxylation sites is 1. The molecule has 0 saturated heterocycles. The number of hydrogen-bond acceptors (Lipinski definition) is 4. The second-order valence-electron chi connectivity index (χ2n) is 2.81. The molecule has 0 aliphatic carbocycles. The van der Waals surface area contributed by atoms with E-state index in [0.29, 0.717) is 6.26 Å². The maximum atomic E-state index is 12.0. The van der Waals surface area contributed by atoms with E-state index in [1.54, 1.807) is 0 Å². The molecule has 0 heterocycles. The van der Waals surface area contributed by atoms with Crippen molar-refractivity contribution in [2.45, 2.75) is 6.43 Å². The SMILES string of the molecule is CS(=O)(=O)O.Nc1c(O)cccc1C(F)F. The smallest absolute Gasteiger partial charge is 0.265 e. The number of aromatic hydroxyl groups is 1. The van der Waals surface area contributed by atoms with Crippen LogP contribution in [0.1, 0.15) is 12.0 Å². The van der Waals surface area contributed by atoms with Gasteiger partial charge in [-0.15, -0.1) is 0 Å². The highest BCUT2D eigenvalue weighted by molar-refractivity contribution is 7.85. The summed E-state index contributed by atoms with van der Waals surface area (Å²) in [6.45, 7) is 0. The minimum Gasteiger partial charge on any atom is -0.506 e. The quantitative estimate of drug-likeness (QED) is 0.400. The third-order valence-corrected chi connectivity index (χ3v) is 1.35. The van der Waals surface area contributed by atoms with Crippen molar-refractivity contribution in [2.75, 3.05) is 12.0 Å². The van der Waals surface area contributed by atoms with Crippen molar-refractivity contribution in [3.63, 3.8) is 0 Å². The van der Waals surface area contributed by atoms with Gasteiger partial charge in [0.15, 0.2) is 0 Å². The van der Waals surface area contributed by atoms with Gasteiger partial charge in [0.05, 0.1) is 11.9 Å². The fraction of sp³-hybridized carbons (Fsp3) is 0.250. The molecule has 0 spiro atoms. The van der Waals surface area contributed by atoms with E-state index >= 15 is 0 Å². The first kappa shape index (κ1) is 14.6. The summed E-state index contributed by atoms with van der Waals surface area (Å²) >= 11 is 0. The van der Waals surface area contributed by atoms with Gasteiger partial charge in [-0.2, -0.15) is 8.42 Å². The Kier molecular flexibility index (Phi) is 5.12. The van der Waals surface area contributed by atoms with E-state index in [1.165, 1.54) is 18.2 Å². The number of hydrogen-bond donors (Lipinski definition) is 3. The lowest BCUT2D eigenvalue weighted by Gasteiger charge is -2.04. The number of anilines is 1. The van der Waals surface area contributed by atoms with Crippen LogP contribution in [0.5, 0.6) is 5.75 Å². The van der Waals surface area contributed by atoms with E-state index in [0.717, 1.165) is 0 Å². The number of rotatable bonds is 1. The van der Waals surface area contributed by atoms with Gasteiger partial charge in [-0.25, -0.2) is 8.78 Å². The molecule has 0 atom stereocenters. The molecule has 1 aromatic carbocycles. The van der Waals surface area contributed by atoms with E-state index in [1.807, 2.05) is 0 Å². The van der Waals surface area contributed by atoms with Crippen molar-refractivity contribution >= 4 is 15.8 Å². The van der Waals surface area contributed by atoms with Gasteiger partial charge >= 0.3 is 0 Å². The van der Waals surface area contributed by atoms with Crippen LogP contribution < -0.4 is 5.73 Å². The highest BCUT2D eigenvalue weighted by atomic mass is 32.2. The van der Waals surface area contributed by atoms with Gasteiger partial charge in [-0.3, -0.25) is 4.55 Å². The fourth-order valence-corrected chi connectivity index (χ4v) is 0.761. The van der Waals surface area contributed by atoms with Crippen LogP contribution in [0.2, 0.25) is 0 Å². The minimum absolute atomic E-state index is 0.248. The first-order valence-corrected chi connectivity index (χ1v) is 5.75. The third kappa shape index (κ3) is 6.14. The maximum absolute atomic E-state index is 12.0. The first-order valence-electron chi connectivity index (χ1n) is 3.91. The molecule has 0 radical (unpaired) electrons. The summed E-state index contributed by atoms with van der Waals surface area (Å²) in [4.78, 5) is 0. The summed E-state index contributed by atoms with van der Waals surface area (Å²) < 4.78 is 49.9. The van der Waals surface area contributed by atoms with Crippen LogP contribution >= 0.6 is 0 Å². The summed E-state index contributed by atoms with van der Waals surface area (Å²) in [5.74, 6) is -0.303. The molecule has 8 heteroatoms. The Bertz CT molecular complexity index is 439. The van der Waals surface area contributed by atoms with Crippen molar-refractivity contribution in [3.8, 4) is 5.75 Å². The molecule has 1 aromatic rings. The second kappa shape index (κ2) is 5.61. The summed E-state index contributed by atoms with van der Waals surface area (Å²) in [6.07, 6.45) is -1.92. The molecule has 92 valence electrons. The van der Waals surface area contributed by atoms with Crippen molar-refractivity contribution < 1.29 is 26.9 Å². The molecular formula is C8H11F2NO4S. The van der Waals surface area contributed by atoms with E-state index < -0.39 is 16.5 Å². The predicted octanol–water partition coefficient (Wildman–Crippen LogP) is 1.42. The fourth-order valence-electron chi connectivity index (χ4n) is 0.761. The summed E-state index contributed by atoms with van der Waals surface area (Å²) in [6, 6.07) is 3.77. The molecular weight excluding hydrogens is 244 g/mol. The van der Waals surface area contributed by atoms with Gasteiger partial charge < -0.3 is 10.8 Å². The number of benzene rings is 1. The Morgan fingerprint density at radius 1 is 1.38 bits per heavy atom. The van der Waals surface area contributed by atoms with Crippen LogP contribution in [0.15, 0.2) is 18.2 Å². The monoisotopic (exact) mass is 255 g/mol. The normalized spacial score (nSPS) is 10.8. The van der Waals surface area contributed by atoms with Crippen LogP contribution in [-0.2, 0) is 10.1 Å². The zero-order valence-corrected chi connectivity index (χ0v) is 9.08. The van der Waals surface area contributed by atoms with E-state index in [9.17, 15) is 17.2 Å². The largest absolute Gasteiger partial charge is 0.506 e. The number of nitrogen functional groups attached to an aromatic ring is 1. The molecule has 1 rings (SSSR count). The molecule has 0 aliphatic heterocycles. The average Bonchev–Trinajstić information content (AvgIpc) is 2.06. The van der Waals surface area contributed by atoms with E-state index in [2.05, 4.69) is 0 Å². The van der Waals surface area contributed by atoms with E-state index in [4.69, 9.17) is 15.4 Å². The van der Waals surface area contributed by atoms with Crippen LogP contribution in [0.4, 0.5) is 14.5 Å². The van der Waals surface area contributed by atoms with Crippen molar-refractivity contribution in [1.82, 2.24) is 0 Å². The van der Waals surface area contributed by atoms with Crippen LogP contribution in [-0.4, -0.2) is 24.3 Å². The lowest BCUT2D eigenvalue weighted by atomic mass is 10.2. The Labute approximate surface area is 91.3 Å². The van der Waals surface area contributed by atoms with Crippen LogP contribution in [0, 0.1) is 0 Å². The molecule has 4 N–H and O–H groups in total. The molecule has 0 bridgehead atoms. The van der Waals surface area contributed by atoms with Gasteiger partial charge in [-0.05, 0) is 6.07 Å². The number of nitrogens with two attached hydrogens (primary N) is 1. The third-order valence-electron chi connectivity index (χ3n) is 1.35. The maximum Gasteiger partial charge on any atom is 0.265 e. The van der Waals surface area contributed by atoms with Gasteiger partial charge in [0, 0.05) is 5.56 Å². The summed E-state index contributed by atoms with van der Waals surface area (Å²) in [5.41, 5.74) is 4.58. The summed E-state index contributed by atoms with van der Waals surface area (Å²) in [5, 5.41) is 8.89. The second-order valence-corrected chi connectivity index (χ2v) is 4.28. The van der Waals surface area contributed by atoms with Crippen LogP contribution in [0.3, 0.4) is 0 Å². The predicted molar refractivity (Wildman–Crippen MR) is 54.9 cm³/mol. The summed E-state index contributed by atoms with van der Waals surface area (Å²) in [7, 11) is -3.67. The standard InChI is InChI=1S/C7H7F2NO.CH4O3S/c8-7(9)4-2-1-3-5(11)6(4)10;1-5(2,3)4/h1-3,7,11H,10H2;1H3,(H,2,3,4). The molecule has 5 nitrogen and oxygen atoms in total. The van der Waals surface area contributed by atoms with Gasteiger partial charge in [0.25, 0.3) is 16.5 Å².